The summed E-state index contributed by atoms with van der Waals surface area (Å²) in [6.45, 7) is 7.18. The zero-order valence-electron chi connectivity index (χ0n) is 13.6. The fourth-order valence-corrected chi connectivity index (χ4v) is 3.02. The number of halogens is 1. The maximum atomic E-state index is 12.3. The monoisotopic (exact) mass is 386 g/mol. The molecule has 1 aliphatic heterocycles. The fourth-order valence-electron chi connectivity index (χ4n) is 2.41. The molecule has 0 unspecified atom stereocenters. The van der Waals surface area contributed by atoms with Crippen molar-refractivity contribution in [2.45, 2.75) is 6.92 Å². The molecule has 1 heterocycles. The highest BCUT2D eigenvalue weighted by atomic mass is 79.9. The second-order valence-electron chi connectivity index (χ2n) is 5.13. The van der Waals surface area contributed by atoms with Crippen LogP contribution >= 0.6 is 15.9 Å². The van der Waals surface area contributed by atoms with Gasteiger partial charge in [-0.05, 0) is 35.0 Å². The lowest BCUT2D eigenvalue weighted by Gasteiger charge is -2.26. The zero-order chi connectivity index (χ0) is 16.7. The number of methoxy groups -OCH3 is 1. The van der Waals surface area contributed by atoms with Crippen molar-refractivity contribution in [3.8, 4) is 11.5 Å². The van der Waals surface area contributed by atoms with Crippen LogP contribution < -0.4 is 14.8 Å². The van der Waals surface area contributed by atoms with Crippen LogP contribution in [-0.4, -0.2) is 63.9 Å². The minimum atomic E-state index is -0.123. The summed E-state index contributed by atoms with van der Waals surface area (Å²) in [6, 6.07) is 3.45. The van der Waals surface area contributed by atoms with Crippen molar-refractivity contribution >= 4 is 21.8 Å². The van der Waals surface area contributed by atoms with Gasteiger partial charge in [-0.2, -0.15) is 0 Å². The molecule has 128 valence electrons. The van der Waals surface area contributed by atoms with Crippen molar-refractivity contribution in [1.29, 1.82) is 0 Å². The number of hydrogen-bond acceptors (Lipinski definition) is 5. The van der Waals surface area contributed by atoms with Gasteiger partial charge in [-0.25, -0.2) is 0 Å². The first kappa shape index (κ1) is 18.0. The Hall–Kier alpha value is -1.31. The molecule has 0 bridgehead atoms. The van der Waals surface area contributed by atoms with E-state index in [0.717, 1.165) is 32.8 Å². The van der Waals surface area contributed by atoms with E-state index < -0.39 is 0 Å². The van der Waals surface area contributed by atoms with Crippen LogP contribution in [-0.2, 0) is 4.74 Å². The molecule has 0 spiro atoms. The maximum absolute atomic E-state index is 12.3. The van der Waals surface area contributed by atoms with Crippen molar-refractivity contribution in [2.75, 3.05) is 53.1 Å². The van der Waals surface area contributed by atoms with Crippen LogP contribution in [0.1, 0.15) is 17.3 Å². The van der Waals surface area contributed by atoms with E-state index >= 15 is 0 Å². The van der Waals surface area contributed by atoms with Gasteiger partial charge in [0.2, 0.25) is 0 Å². The Balaban J connectivity index is 1.95. The normalized spacial score (nSPS) is 15.3. The minimum Gasteiger partial charge on any atom is -0.492 e. The Bertz CT molecular complexity index is 533. The second-order valence-corrected chi connectivity index (χ2v) is 5.99. The van der Waals surface area contributed by atoms with Gasteiger partial charge in [-0.3, -0.25) is 9.69 Å². The van der Waals surface area contributed by atoms with Crippen molar-refractivity contribution < 1.29 is 19.0 Å². The van der Waals surface area contributed by atoms with Gasteiger partial charge in [0.15, 0.2) is 11.5 Å². The topological polar surface area (TPSA) is 60.0 Å². The molecule has 7 heteroatoms. The number of amides is 1. The van der Waals surface area contributed by atoms with Gasteiger partial charge < -0.3 is 19.5 Å². The molecule has 2 rings (SSSR count). The number of carbonyl (C=O) groups excluding carboxylic acids is 1. The zero-order valence-corrected chi connectivity index (χ0v) is 15.1. The van der Waals surface area contributed by atoms with Crippen LogP contribution in [0, 0.1) is 0 Å². The largest absolute Gasteiger partial charge is 0.492 e. The van der Waals surface area contributed by atoms with E-state index in [2.05, 4.69) is 26.1 Å². The van der Waals surface area contributed by atoms with Crippen molar-refractivity contribution in [1.82, 2.24) is 10.2 Å². The third-order valence-corrected chi connectivity index (χ3v) is 4.18. The number of rotatable bonds is 7. The van der Waals surface area contributed by atoms with E-state index in [1.807, 2.05) is 6.92 Å². The Morgan fingerprint density at radius 2 is 2.13 bits per heavy atom. The molecule has 0 aliphatic carbocycles. The quantitative estimate of drug-likeness (QED) is 0.775. The van der Waals surface area contributed by atoms with E-state index in [0.29, 0.717) is 34.7 Å². The molecule has 1 aromatic rings. The number of nitrogens with one attached hydrogen (secondary N) is 1. The summed E-state index contributed by atoms with van der Waals surface area (Å²) in [4.78, 5) is 14.6. The second kappa shape index (κ2) is 9.10. The molecule has 0 saturated carbocycles. The lowest BCUT2D eigenvalue weighted by molar-refractivity contribution is 0.0383. The van der Waals surface area contributed by atoms with Gasteiger partial charge >= 0.3 is 0 Å². The van der Waals surface area contributed by atoms with E-state index in [1.165, 1.54) is 0 Å². The summed E-state index contributed by atoms with van der Waals surface area (Å²) in [5, 5.41) is 2.94. The van der Waals surface area contributed by atoms with Crippen LogP contribution in [0.15, 0.2) is 16.6 Å². The standard InChI is InChI=1S/C16H23BrN2O4/c1-3-23-14-11-12(10-13(17)15(14)21-2)16(20)18-4-5-19-6-8-22-9-7-19/h10-11H,3-9H2,1-2H3,(H,18,20). The smallest absolute Gasteiger partial charge is 0.251 e. The number of nitrogens with zero attached hydrogens (tertiary/aromatic N) is 1. The molecule has 0 aromatic heterocycles. The molecule has 1 saturated heterocycles. The molecule has 0 radical (unpaired) electrons. The fraction of sp³-hybridized carbons (Fsp3) is 0.562. The van der Waals surface area contributed by atoms with Crippen LogP contribution in [0.5, 0.6) is 11.5 Å². The van der Waals surface area contributed by atoms with Crippen molar-refractivity contribution in [3.05, 3.63) is 22.2 Å². The Kier molecular flexibility index (Phi) is 7.14. The van der Waals surface area contributed by atoms with Crippen LogP contribution in [0.25, 0.3) is 0 Å². The first-order chi connectivity index (χ1) is 11.2. The highest BCUT2D eigenvalue weighted by Crippen LogP contribution is 2.36. The summed E-state index contributed by atoms with van der Waals surface area (Å²) >= 11 is 3.42. The molecule has 1 N–H and O–H groups in total. The van der Waals surface area contributed by atoms with Gasteiger partial charge in [0.1, 0.15) is 0 Å². The molecule has 1 aliphatic rings. The number of benzene rings is 1. The summed E-state index contributed by atoms with van der Waals surface area (Å²) in [5.41, 5.74) is 0.545. The van der Waals surface area contributed by atoms with Gasteiger partial charge in [-0.15, -0.1) is 0 Å². The summed E-state index contributed by atoms with van der Waals surface area (Å²) < 4.78 is 16.8. The van der Waals surface area contributed by atoms with E-state index in [1.54, 1.807) is 19.2 Å². The Morgan fingerprint density at radius 3 is 2.78 bits per heavy atom. The molecule has 1 aromatic carbocycles. The molecule has 6 nitrogen and oxygen atoms in total. The van der Waals surface area contributed by atoms with Crippen molar-refractivity contribution in [2.24, 2.45) is 0 Å². The summed E-state index contributed by atoms with van der Waals surface area (Å²) in [5.74, 6) is 1.03. The Morgan fingerprint density at radius 1 is 1.39 bits per heavy atom. The third kappa shape index (κ3) is 5.09. The molecule has 23 heavy (non-hydrogen) atoms. The average molecular weight is 387 g/mol. The molecule has 0 atom stereocenters. The van der Waals surface area contributed by atoms with Gasteiger partial charge in [-0.1, -0.05) is 0 Å². The van der Waals surface area contributed by atoms with E-state index in [-0.39, 0.29) is 5.91 Å². The lowest BCUT2D eigenvalue weighted by atomic mass is 10.2. The predicted molar refractivity (Wildman–Crippen MR) is 91.5 cm³/mol. The van der Waals surface area contributed by atoms with Gasteiger partial charge in [0.25, 0.3) is 5.91 Å². The van der Waals surface area contributed by atoms with Crippen molar-refractivity contribution in [3.63, 3.8) is 0 Å². The number of carbonyl (C=O) groups is 1. The van der Waals surface area contributed by atoms with Crippen LogP contribution in [0.3, 0.4) is 0 Å². The lowest BCUT2D eigenvalue weighted by Crippen LogP contribution is -2.41. The number of morpholine rings is 1. The number of ether oxygens (including phenoxy) is 3. The molecular weight excluding hydrogens is 364 g/mol. The molecule has 1 amide bonds. The van der Waals surface area contributed by atoms with E-state index in [4.69, 9.17) is 14.2 Å². The van der Waals surface area contributed by atoms with E-state index in [9.17, 15) is 4.79 Å². The van der Waals surface area contributed by atoms with Gasteiger partial charge in [0.05, 0.1) is 31.4 Å². The minimum absolute atomic E-state index is 0.123. The SMILES string of the molecule is CCOc1cc(C(=O)NCCN2CCOCC2)cc(Br)c1OC. The molecule has 1 fully saturated rings. The Labute approximate surface area is 145 Å². The first-order valence-corrected chi connectivity index (χ1v) is 8.53. The van der Waals surface area contributed by atoms with Crippen LogP contribution in [0.2, 0.25) is 0 Å². The van der Waals surface area contributed by atoms with Gasteiger partial charge in [0, 0.05) is 31.7 Å². The highest BCUT2D eigenvalue weighted by molar-refractivity contribution is 9.10. The third-order valence-electron chi connectivity index (χ3n) is 3.59. The molecular formula is C16H23BrN2O4. The highest BCUT2D eigenvalue weighted by Gasteiger charge is 2.16. The van der Waals surface area contributed by atoms with Crippen LogP contribution in [0.4, 0.5) is 0 Å². The summed E-state index contributed by atoms with van der Waals surface area (Å²) in [6.07, 6.45) is 0. The predicted octanol–water partition coefficient (Wildman–Crippen LogP) is 1.92. The number of hydrogen-bond donors (Lipinski definition) is 1. The maximum Gasteiger partial charge on any atom is 0.251 e. The first-order valence-electron chi connectivity index (χ1n) is 7.74. The average Bonchev–Trinajstić information content (AvgIpc) is 2.56. The summed E-state index contributed by atoms with van der Waals surface area (Å²) in [7, 11) is 1.57.